The Hall–Kier alpha value is -4.63. The van der Waals surface area contributed by atoms with Gasteiger partial charge in [0.15, 0.2) is 5.82 Å². The van der Waals surface area contributed by atoms with Gasteiger partial charge >= 0.3 is 5.69 Å². The number of nitrogens with zero attached hydrogens (tertiary/aromatic N) is 7. The van der Waals surface area contributed by atoms with Crippen LogP contribution in [0.15, 0.2) is 95.9 Å². The van der Waals surface area contributed by atoms with Gasteiger partial charge in [0.1, 0.15) is 0 Å². The van der Waals surface area contributed by atoms with E-state index in [9.17, 15) is 4.79 Å². The van der Waals surface area contributed by atoms with Crippen LogP contribution in [-0.2, 0) is 6.54 Å². The maximum absolute atomic E-state index is 12.9. The summed E-state index contributed by atoms with van der Waals surface area (Å²) in [5.41, 5.74) is 5.02. The molecule has 7 rings (SSSR count). The Morgan fingerprint density at radius 3 is 2.54 bits per heavy atom. The van der Waals surface area contributed by atoms with E-state index in [-0.39, 0.29) is 17.8 Å². The Balaban J connectivity index is 1.26. The molecular weight excluding hydrogens is 488 g/mol. The van der Waals surface area contributed by atoms with Crippen molar-refractivity contribution in [3.63, 3.8) is 0 Å². The van der Waals surface area contributed by atoms with Gasteiger partial charge in [-0.2, -0.15) is 0 Å². The van der Waals surface area contributed by atoms with Crippen molar-refractivity contribution in [2.75, 3.05) is 13.1 Å². The van der Waals surface area contributed by atoms with Crippen LogP contribution >= 0.6 is 0 Å². The molecule has 9 nitrogen and oxygen atoms in total. The Morgan fingerprint density at radius 1 is 0.897 bits per heavy atom. The molecule has 1 unspecified atom stereocenters. The summed E-state index contributed by atoms with van der Waals surface area (Å²) in [6, 6.07) is 28.4. The van der Waals surface area contributed by atoms with Gasteiger partial charge in [0.05, 0.1) is 29.1 Å². The van der Waals surface area contributed by atoms with E-state index in [1.807, 2.05) is 76.1 Å². The molecule has 0 spiro atoms. The Morgan fingerprint density at radius 2 is 1.67 bits per heavy atom. The first-order valence-corrected chi connectivity index (χ1v) is 13.3. The number of H-pyrrole nitrogens is 1. The number of hydrogen-bond donors (Lipinski definition) is 1. The van der Waals surface area contributed by atoms with Gasteiger partial charge in [0.25, 0.3) is 0 Å². The lowest BCUT2D eigenvalue weighted by atomic mass is 9.96. The van der Waals surface area contributed by atoms with Crippen molar-refractivity contribution in [1.82, 2.24) is 39.6 Å². The summed E-state index contributed by atoms with van der Waals surface area (Å²) >= 11 is 0. The van der Waals surface area contributed by atoms with Crippen LogP contribution in [0.1, 0.15) is 41.9 Å². The molecule has 0 aliphatic carbocycles. The molecular formula is C30H28N8O. The maximum atomic E-state index is 12.9. The molecule has 3 aromatic heterocycles. The first-order valence-electron chi connectivity index (χ1n) is 13.3. The van der Waals surface area contributed by atoms with Gasteiger partial charge in [-0.15, -0.1) is 5.10 Å². The number of rotatable bonds is 6. The Labute approximate surface area is 224 Å². The molecule has 6 aromatic rings. The molecule has 9 heteroatoms. The third-order valence-corrected chi connectivity index (χ3v) is 7.81. The molecule has 39 heavy (non-hydrogen) atoms. The average Bonchev–Trinajstić information content (AvgIpc) is 3.57. The normalized spacial score (nSPS) is 15.7. The van der Waals surface area contributed by atoms with Crippen LogP contribution in [0.3, 0.4) is 0 Å². The predicted octanol–water partition coefficient (Wildman–Crippen LogP) is 4.34. The van der Waals surface area contributed by atoms with Crippen molar-refractivity contribution in [2.24, 2.45) is 0 Å². The van der Waals surface area contributed by atoms with E-state index in [1.54, 1.807) is 0 Å². The highest BCUT2D eigenvalue weighted by atomic mass is 16.1. The third-order valence-electron chi connectivity index (χ3n) is 7.81. The summed E-state index contributed by atoms with van der Waals surface area (Å²) in [7, 11) is 0. The number of imidazole rings is 1. The zero-order chi connectivity index (χ0) is 26.2. The van der Waals surface area contributed by atoms with E-state index in [0.717, 1.165) is 64.8 Å². The van der Waals surface area contributed by atoms with Crippen molar-refractivity contribution < 1.29 is 0 Å². The quantitative estimate of drug-likeness (QED) is 0.354. The number of hydrogen-bond acceptors (Lipinski definition) is 6. The molecule has 1 fully saturated rings. The summed E-state index contributed by atoms with van der Waals surface area (Å²) < 4.78 is 3.84. The van der Waals surface area contributed by atoms with Crippen LogP contribution in [0.5, 0.6) is 0 Å². The molecule has 0 saturated carbocycles. The van der Waals surface area contributed by atoms with Crippen LogP contribution in [0.4, 0.5) is 0 Å². The van der Waals surface area contributed by atoms with Gasteiger partial charge in [0, 0.05) is 30.7 Å². The zero-order valence-corrected chi connectivity index (χ0v) is 21.4. The highest BCUT2D eigenvalue weighted by molar-refractivity contribution is 5.82. The van der Waals surface area contributed by atoms with Crippen LogP contribution < -0.4 is 5.69 Å². The minimum absolute atomic E-state index is 0.0434. The number of likely N-dealkylation sites (tertiary alicyclic amines) is 1. The average molecular weight is 517 g/mol. The molecule has 1 N–H and O–H groups in total. The molecule has 1 aliphatic heterocycles. The van der Waals surface area contributed by atoms with Gasteiger partial charge in [-0.1, -0.05) is 60.7 Å². The van der Waals surface area contributed by atoms with E-state index in [0.29, 0.717) is 6.54 Å². The topological polar surface area (TPSA) is 97.5 Å². The van der Waals surface area contributed by atoms with Crippen molar-refractivity contribution >= 4 is 21.9 Å². The SMILES string of the molecule is O=c1[nH]c2ccccc2n1C1CCN(C(c2ccnc3ccccc23)c2nnnn2Cc2ccccc2)CC1. The summed E-state index contributed by atoms with van der Waals surface area (Å²) in [4.78, 5) is 23.0. The second-order valence-electron chi connectivity index (χ2n) is 10.1. The molecule has 194 valence electrons. The smallest absolute Gasteiger partial charge is 0.306 e. The lowest BCUT2D eigenvalue weighted by molar-refractivity contribution is 0.147. The first kappa shape index (κ1) is 23.5. The fourth-order valence-corrected chi connectivity index (χ4v) is 5.97. The molecule has 1 atom stereocenters. The van der Waals surface area contributed by atoms with Gasteiger partial charge in [-0.05, 0) is 58.7 Å². The highest BCUT2D eigenvalue weighted by Gasteiger charge is 2.33. The summed E-state index contributed by atoms with van der Waals surface area (Å²) in [5, 5.41) is 14.2. The number of nitrogens with one attached hydrogen (secondary N) is 1. The van der Waals surface area contributed by atoms with Crippen LogP contribution in [0, 0.1) is 0 Å². The number of tetrazole rings is 1. The number of fused-ring (bicyclic) bond motifs is 2. The summed E-state index contributed by atoms with van der Waals surface area (Å²) in [6.07, 6.45) is 3.57. The standard InChI is InChI=1S/C30H28N8O/c39-30-32-26-12-6-7-13-27(26)38(30)22-15-18-36(19-16-22)28(24-14-17-31-25-11-5-4-10-23(24)25)29-33-34-35-37(29)20-21-8-2-1-3-9-21/h1-14,17,22,28H,15-16,18-20H2,(H,32,39). The maximum Gasteiger partial charge on any atom is 0.326 e. The Bertz CT molecular complexity index is 1790. The van der Waals surface area contributed by atoms with E-state index in [1.165, 1.54) is 0 Å². The third kappa shape index (κ3) is 4.30. The van der Waals surface area contributed by atoms with Gasteiger partial charge in [-0.25, -0.2) is 9.48 Å². The molecule has 0 radical (unpaired) electrons. The molecule has 0 bridgehead atoms. The van der Waals surface area contributed by atoms with E-state index >= 15 is 0 Å². The minimum atomic E-state index is -0.155. The van der Waals surface area contributed by atoms with E-state index in [4.69, 9.17) is 0 Å². The molecule has 1 aliphatic rings. The second kappa shape index (κ2) is 9.92. The molecule has 0 amide bonds. The summed E-state index contributed by atoms with van der Waals surface area (Å²) in [6.45, 7) is 2.19. The van der Waals surface area contributed by atoms with Crippen molar-refractivity contribution in [1.29, 1.82) is 0 Å². The number of benzene rings is 3. The lowest BCUT2D eigenvalue weighted by Gasteiger charge is -2.37. The fraction of sp³-hybridized carbons (Fsp3) is 0.233. The lowest BCUT2D eigenvalue weighted by Crippen LogP contribution is -2.40. The highest BCUT2D eigenvalue weighted by Crippen LogP contribution is 2.36. The first-order chi connectivity index (χ1) is 19.3. The zero-order valence-electron chi connectivity index (χ0n) is 21.4. The van der Waals surface area contributed by atoms with Gasteiger partial charge in [0.2, 0.25) is 0 Å². The second-order valence-corrected chi connectivity index (χ2v) is 10.1. The van der Waals surface area contributed by atoms with Crippen LogP contribution in [-0.4, -0.2) is 52.7 Å². The number of piperidine rings is 1. The summed E-state index contributed by atoms with van der Waals surface area (Å²) in [5.74, 6) is 0.804. The number of para-hydroxylation sites is 3. The van der Waals surface area contributed by atoms with Crippen molar-refractivity contribution in [3.05, 3.63) is 119 Å². The van der Waals surface area contributed by atoms with E-state index < -0.39 is 0 Å². The van der Waals surface area contributed by atoms with Gasteiger partial charge < -0.3 is 4.98 Å². The van der Waals surface area contributed by atoms with E-state index in [2.05, 4.69) is 54.7 Å². The number of pyridine rings is 1. The van der Waals surface area contributed by atoms with Crippen LogP contribution in [0.25, 0.3) is 21.9 Å². The van der Waals surface area contributed by atoms with Crippen molar-refractivity contribution in [2.45, 2.75) is 31.5 Å². The molecule has 3 aromatic carbocycles. The Kier molecular flexibility index (Phi) is 5.97. The molecule has 4 heterocycles. The number of aromatic amines is 1. The van der Waals surface area contributed by atoms with Crippen molar-refractivity contribution in [3.8, 4) is 0 Å². The van der Waals surface area contributed by atoms with Gasteiger partial charge in [-0.3, -0.25) is 14.5 Å². The van der Waals surface area contributed by atoms with Crippen LogP contribution in [0.2, 0.25) is 0 Å². The largest absolute Gasteiger partial charge is 0.326 e. The monoisotopic (exact) mass is 516 g/mol. The fourth-order valence-electron chi connectivity index (χ4n) is 5.97. The number of aromatic nitrogens is 7. The predicted molar refractivity (Wildman–Crippen MR) is 149 cm³/mol. The minimum Gasteiger partial charge on any atom is -0.306 e. The molecule has 1 saturated heterocycles.